The van der Waals surface area contributed by atoms with Gasteiger partial charge in [0.15, 0.2) is 11.5 Å². The Kier molecular flexibility index (Phi) is 3.97. The molecule has 0 radical (unpaired) electrons. The van der Waals surface area contributed by atoms with E-state index in [1.807, 2.05) is 6.07 Å². The quantitative estimate of drug-likeness (QED) is 0.779. The number of para-hydroxylation sites is 1. The Labute approximate surface area is 132 Å². The highest BCUT2D eigenvalue weighted by atomic mass is 19.1. The first-order chi connectivity index (χ1) is 11.1. The van der Waals surface area contributed by atoms with Gasteiger partial charge in [-0.3, -0.25) is 4.79 Å². The smallest absolute Gasteiger partial charge is 0.278 e. The molecule has 1 aromatic heterocycles. The van der Waals surface area contributed by atoms with Crippen molar-refractivity contribution in [1.29, 1.82) is 0 Å². The first-order valence-electron chi connectivity index (χ1n) is 6.88. The van der Waals surface area contributed by atoms with Crippen LogP contribution in [0.4, 0.5) is 15.9 Å². The van der Waals surface area contributed by atoms with E-state index in [2.05, 4.69) is 15.3 Å². The van der Waals surface area contributed by atoms with Gasteiger partial charge in [0.1, 0.15) is 5.82 Å². The van der Waals surface area contributed by atoms with Crippen LogP contribution in [0.1, 0.15) is 10.5 Å². The van der Waals surface area contributed by atoms with Crippen molar-refractivity contribution in [3.8, 4) is 11.3 Å². The summed E-state index contributed by atoms with van der Waals surface area (Å²) in [5, 5.41) is 2.71. The number of carbonyl (C=O) groups is 1. The Morgan fingerprint density at radius 3 is 2.43 bits per heavy atom. The Hall–Kier alpha value is -3.28. The molecule has 1 heterocycles. The summed E-state index contributed by atoms with van der Waals surface area (Å²) < 4.78 is 13.0. The van der Waals surface area contributed by atoms with E-state index >= 15 is 0 Å². The second-order valence-corrected chi connectivity index (χ2v) is 4.82. The molecule has 5 nitrogen and oxygen atoms in total. The maximum Gasteiger partial charge on any atom is 0.278 e. The Morgan fingerprint density at radius 2 is 1.74 bits per heavy atom. The molecule has 1 amide bonds. The molecule has 0 atom stereocenters. The molecule has 0 aliphatic heterocycles. The highest BCUT2D eigenvalue weighted by Gasteiger charge is 2.15. The van der Waals surface area contributed by atoms with Crippen LogP contribution in [0.15, 0.2) is 60.8 Å². The molecular formula is C17H13FN4O. The van der Waals surface area contributed by atoms with Crippen LogP contribution in [-0.4, -0.2) is 15.9 Å². The van der Waals surface area contributed by atoms with E-state index in [4.69, 9.17) is 5.73 Å². The summed E-state index contributed by atoms with van der Waals surface area (Å²) in [7, 11) is 0. The number of benzene rings is 2. The monoisotopic (exact) mass is 308 g/mol. The van der Waals surface area contributed by atoms with E-state index in [0.29, 0.717) is 16.9 Å². The molecular weight excluding hydrogens is 295 g/mol. The summed E-state index contributed by atoms with van der Waals surface area (Å²) in [6, 6.07) is 14.7. The van der Waals surface area contributed by atoms with E-state index in [0.717, 1.165) is 0 Å². The lowest BCUT2D eigenvalue weighted by Gasteiger charge is -2.08. The molecule has 3 rings (SSSR count). The third kappa shape index (κ3) is 3.32. The summed E-state index contributed by atoms with van der Waals surface area (Å²) in [5.41, 5.74) is 7.49. The fraction of sp³-hybridized carbons (Fsp3) is 0. The lowest BCUT2D eigenvalue weighted by molar-refractivity contribution is 0.102. The molecule has 0 bridgehead atoms. The van der Waals surface area contributed by atoms with Gasteiger partial charge < -0.3 is 11.1 Å². The maximum absolute atomic E-state index is 13.0. The van der Waals surface area contributed by atoms with Crippen LogP contribution in [0.25, 0.3) is 11.3 Å². The molecule has 6 heteroatoms. The fourth-order valence-electron chi connectivity index (χ4n) is 2.04. The Bertz CT molecular complexity index is 835. The van der Waals surface area contributed by atoms with Crippen molar-refractivity contribution in [3.63, 3.8) is 0 Å². The summed E-state index contributed by atoms with van der Waals surface area (Å²) in [5.74, 6) is -0.770. The van der Waals surface area contributed by atoms with Crippen LogP contribution in [-0.2, 0) is 0 Å². The average molecular weight is 308 g/mol. The second-order valence-electron chi connectivity index (χ2n) is 4.82. The molecule has 0 aliphatic rings. The number of aromatic nitrogens is 2. The lowest BCUT2D eigenvalue weighted by Crippen LogP contribution is -2.17. The zero-order chi connectivity index (χ0) is 16.2. The summed E-state index contributed by atoms with van der Waals surface area (Å²) in [4.78, 5) is 20.6. The number of amides is 1. The van der Waals surface area contributed by atoms with Crippen molar-refractivity contribution in [2.45, 2.75) is 0 Å². The van der Waals surface area contributed by atoms with Gasteiger partial charge in [0.2, 0.25) is 0 Å². The summed E-state index contributed by atoms with van der Waals surface area (Å²) in [6.45, 7) is 0. The molecule has 23 heavy (non-hydrogen) atoms. The van der Waals surface area contributed by atoms with Crippen LogP contribution < -0.4 is 11.1 Å². The average Bonchev–Trinajstić information content (AvgIpc) is 2.57. The minimum atomic E-state index is -0.454. The highest BCUT2D eigenvalue weighted by molar-refractivity contribution is 6.05. The van der Waals surface area contributed by atoms with Gasteiger partial charge in [0, 0.05) is 11.3 Å². The van der Waals surface area contributed by atoms with E-state index in [9.17, 15) is 9.18 Å². The van der Waals surface area contributed by atoms with Crippen molar-refractivity contribution in [1.82, 2.24) is 9.97 Å². The number of nitrogens with zero attached hydrogens (tertiary/aromatic N) is 2. The van der Waals surface area contributed by atoms with Gasteiger partial charge in [-0.2, -0.15) is 0 Å². The topological polar surface area (TPSA) is 80.9 Å². The third-order valence-electron chi connectivity index (χ3n) is 3.19. The number of nitrogens with two attached hydrogens (primary N) is 1. The number of hydrogen-bond acceptors (Lipinski definition) is 4. The van der Waals surface area contributed by atoms with Gasteiger partial charge in [-0.25, -0.2) is 14.4 Å². The molecule has 0 unspecified atom stereocenters. The zero-order valence-corrected chi connectivity index (χ0v) is 12.0. The second kappa shape index (κ2) is 6.23. The summed E-state index contributed by atoms with van der Waals surface area (Å²) in [6.07, 6.45) is 1.45. The van der Waals surface area contributed by atoms with Crippen molar-refractivity contribution >= 4 is 17.4 Å². The fourth-order valence-corrected chi connectivity index (χ4v) is 2.04. The number of rotatable bonds is 3. The van der Waals surface area contributed by atoms with Crippen molar-refractivity contribution < 1.29 is 9.18 Å². The van der Waals surface area contributed by atoms with Crippen LogP contribution in [0, 0.1) is 5.82 Å². The van der Waals surface area contributed by atoms with Crippen LogP contribution in [0.2, 0.25) is 0 Å². The molecule has 0 saturated carbocycles. The first kappa shape index (κ1) is 14.6. The lowest BCUT2D eigenvalue weighted by atomic mass is 10.1. The van der Waals surface area contributed by atoms with Crippen LogP contribution in [0.5, 0.6) is 0 Å². The third-order valence-corrected chi connectivity index (χ3v) is 3.19. The number of nitrogens with one attached hydrogen (secondary N) is 1. The molecule has 114 valence electrons. The Morgan fingerprint density at radius 1 is 1.04 bits per heavy atom. The minimum absolute atomic E-state index is 0.0238. The largest absolute Gasteiger partial charge is 0.382 e. The zero-order valence-electron chi connectivity index (χ0n) is 12.0. The number of anilines is 2. The molecule has 3 N–H and O–H groups in total. The standard InChI is InChI=1S/C17H13FN4O/c18-12-8-6-11(7-9-12)14-10-20-16(19)15(22-14)17(23)21-13-4-2-1-3-5-13/h1-10H,(H2,19,20)(H,21,23). The van der Waals surface area contributed by atoms with Crippen molar-refractivity contribution in [2.24, 2.45) is 0 Å². The minimum Gasteiger partial charge on any atom is -0.382 e. The molecule has 2 aromatic carbocycles. The molecule has 0 saturated heterocycles. The number of nitrogen functional groups attached to an aromatic ring is 1. The van der Waals surface area contributed by atoms with Gasteiger partial charge in [-0.1, -0.05) is 18.2 Å². The Balaban J connectivity index is 1.91. The number of carbonyl (C=O) groups excluding carboxylic acids is 1. The predicted octanol–water partition coefficient (Wildman–Crippen LogP) is 3.12. The van der Waals surface area contributed by atoms with E-state index in [1.54, 1.807) is 36.4 Å². The molecule has 0 aliphatic carbocycles. The number of hydrogen-bond donors (Lipinski definition) is 2. The van der Waals surface area contributed by atoms with E-state index in [1.165, 1.54) is 18.3 Å². The van der Waals surface area contributed by atoms with Gasteiger partial charge in [-0.05, 0) is 36.4 Å². The van der Waals surface area contributed by atoms with Crippen LogP contribution in [0.3, 0.4) is 0 Å². The normalized spacial score (nSPS) is 10.3. The molecule has 0 spiro atoms. The van der Waals surface area contributed by atoms with Crippen molar-refractivity contribution in [3.05, 3.63) is 72.3 Å². The first-order valence-corrected chi connectivity index (χ1v) is 6.88. The van der Waals surface area contributed by atoms with Crippen LogP contribution >= 0.6 is 0 Å². The van der Waals surface area contributed by atoms with Gasteiger partial charge >= 0.3 is 0 Å². The summed E-state index contributed by atoms with van der Waals surface area (Å²) >= 11 is 0. The molecule has 3 aromatic rings. The highest BCUT2D eigenvalue weighted by Crippen LogP contribution is 2.19. The van der Waals surface area contributed by atoms with Gasteiger partial charge in [-0.15, -0.1) is 0 Å². The molecule has 0 fully saturated rings. The van der Waals surface area contributed by atoms with E-state index < -0.39 is 5.91 Å². The van der Waals surface area contributed by atoms with E-state index in [-0.39, 0.29) is 17.3 Å². The SMILES string of the molecule is Nc1ncc(-c2ccc(F)cc2)nc1C(=O)Nc1ccccc1. The number of halogens is 1. The predicted molar refractivity (Wildman–Crippen MR) is 86.2 cm³/mol. The van der Waals surface area contributed by atoms with Gasteiger partial charge in [0.05, 0.1) is 11.9 Å². The van der Waals surface area contributed by atoms with Gasteiger partial charge in [0.25, 0.3) is 5.91 Å². The van der Waals surface area contributed by atoms with Crippen molar-refractivity contribution in [2.75, 3.05) is 11.1 Å². The maximum atomic E-state index is 13.0.